The van der Waals surface area contributed by atoms with Crippen LogP contribution in [-0.4, -0.2) is 50.6 Å². The van der Waals surface area contributed by atoms with Crippen molar-refractivity contribution < 1.29 is 27.5 Å². The molecule has 1 amide bonds. The first kappa shape index (κ1) is 21.8. The van der Waals surface area contributed by atoms with Crippen LogP contribution in [0.5, 0.6) is 11.5 Å². The third kappa shape index (κ3) is 6.04. The Balaban J connectivity index is 1.50. The lowest BCUT2D eigenvalue weighted by Gasteiger charge is -2.28. The molecule has 1 fully saturated rings. The van der Waals surface area contributed by atoms with Gasteiger partial charge in [0.2, 0.25) is 10.0 Å². The summed E-state index contributed by atoms with van der Waals surface area (Å²) in [5.74, 6) is -0.291. The summed E-state index contributed by atoms with van der Waals surface area (Å²) >= 11 is 0. The molecule has 160 valence electrons. The van der Waals surface area contributed by atoms with Gasteiger partial charge in [-0.2, -0.15) is 0 Å². The highest BCUT2D eigenvalue weighted by molar-refractivity contribution is 7.88. The van der Waals surface area contributed by atoms with E-state index in [2.05, 4.69) is 5.32 Å². The van der Waals surface area contributed by atoms with Crippen molar-refractivity contribution in [1.29, 1.82) is 0 Å². The number of amides is 1. The first-order valence-corrected chi connectivity index (χ1v) is 11.4. The molecule has 9 heteroatoms. The molecule has 0 radical (unpaired) electrons. The molecule has 8 nitrogen and oxygen atoms in total. The van der Waals surface area contributed by atoms with Crippen LogP contribution in [-0.2, 0) is 24.3 Å². The molecule has 0 aromatic heterocycles. The highest BCUT2D eigenvalue weighted by Crippen LogP contribution is 2.29. The summed E-state index contributed by atoms with van der Waals surface area (Å²) in [7, 11) is -3.26. The Hall–Kier alpha value is -2.91. The zero-order chi connectivity index (χ0) is 21.6. The fourth-order valence-electron chi connectivity index (χ4n) is 3.14. The van der Waals surface area contributed by atoms with Crippen molar-refractivity contribution in [2.45, 2.75) is 12.8 Å². The van der Waals surface area contributed by atoms with E-state index in [0.717, 1.165) is 6.26 Å². The number of anilines is 1. The number of benzene rings is 2. The number of piperidine rings is 1. The summed E-state index contributed by atoms with van der Waals surface area (Å²) in [5, 5.41) is 2.69. The predicted octanol–water partition coefficient (Wildman–Crippen LogP) is 2.63. The van der Waals surface area contributed by atoms with Crippen LogP contribution in [0, 0.1) is 5.92 Å². The Morgan fingerprint density at radius 1 is 1.03 bits per heavy atom. The van der Waals surface area contributed by atoms with Crippen molar-refractivity contribution in [3.63, 3.8) is 0 Å². The van der Waals surface area contributed by atoms with Gasteiger partial charge in [0.05, 0.1) is 17.9 Å². The van der Waals surface area contributed by atoms with E-state index >= 15 is 0 Å². The summed E-state index contributed by atoms with van der Waals surface area (Å²) in [6.07, 6.45) is 1.90. The maximum atomic E-state index is 12.3. The quantitative estimate of drug-likeness (QED) is 0.675. The van der Waals surface area contributed by atoms with Gasteiger partial charge in [-0.05, 0) is 37.1 Å². The maximum absolute atomic E-state index is 12.3. The van der Waals surface area contributed by atoms with Crippen molar-refractivity contribution in [1.82, 2.24) is 4.31 Å². The van der Waals surface area contributed by atoms with Gasteiger partial charge in [-0.3, -0.25) is 9.59 Å². The van der Waals surface area contributed by atoms with Crippen LogP contribution in [0.4, 0.5) is 5.69 Å². The number of carbonyl (C=O) groups excluding carboxylic acids is 2. The number of esters is 1. The number of sulfonamides is 1. The van der Waals surface area contributed by atoms with Gasteiger partial charge >= 0.3 is 5.97 Å². The van der Waals surface area contributed by atoms with Gasteiger partial charge in [0.15, 0.2) is 12.4 Å². The number of carbonyl (C=O) groups is 2. The fraction of sp³-hybridized carbons (Fsp3) is 0.333. The second kappa shape index (κ2) is 9.73. The molecular weight excluding hydrogens is 408 g/mol. The molecule has 1 heterocycles. The van der Waals surface area contributed by atoms with Gasteiger partial charge in [-0.15, -0.1) is 0 Å². The first-order chi connectivity index (χ1) is 14.3. The third-order valence-corrected chi connectivity index (χ3v) is 6.04. The van der Waals surface area contributed by atoms with Crippen LogP contribution < -0.4 is 10.1 Å². The van der Waals surface area contributed by atoms with Crippen LogP contribution in [0.1, 0.15) is 12.8 Å². The highest BCUT2D eigenvalue weighted by atomic mass is 32.2. The molecule has 1 saturated heterocycles. The summed E-state index contributed by atoms with van der Waals surface area (Å²) in [5.41, 5.74) is 0.462. The fourth-order valence-corrected chi connectivity index (χ4v) is 4.01. The number of hydrogen-bond donors (Lipinski definition) is 1. The molecule has 3 rings (SSSR count). The minimum atomic E-state index is -3.26. The molecule has 0 saturated carbocycles. The smallest absolute Gasteiger partial charge is 0.309 e. The maximum Gasteiger partial charge on any atom is 0.309 e. The average Bonchev–Trinajstić information content (AvgIpc) is 2.74. The van der Waals surface area contributed by atoms with E-state index in [0.29, 0.717) is 30.0 Å². The van der Waals surface area contributed by atoms with Crippen molar-refractivity contribution in [2.75, 3.05) is 31.3 Å². The van der Waals surface area contributed by atoms with E-state index in [9.17, 15) is 18.0 Å². The minimum absolute atomic E-state index is 0.273. The minimum Gasteiger partial charge on any atom is -0.455 e. The Morgan fingerprint density at radius 2 is 1.67 bits per heavy atom. The van der Waals surface area contributed by atoms with Gasteiger partial charge < -0.3 is 14.8 Å². The molecule has 2 aromatic rings. The average molecular weight is 432 g/mol. The van der Waals surface area contributed by atoms with Gasteiger partial charge in [-0.25, -0.2) is 12.7 Å². The lowest BCUT2D eigenvalue weighted by Crippen LogP contribution is -2.40. The Morgan fingerprint density at radius 3 is 2.33 bits per heavy atom. The lowest BCUT2D eigenvalue weighted by molar-refractivity contribution is -0.152. The summed E-state index contributed by atoms with van der Waals surface area (Å²) in [6, 6.07) is 16.1. The van der Waals surface area contributed by atoms with E-state index in [4.69, 9.17) is 9.47 Å². The molecule has 0 unspecified atom stereocenters. The predicted molar refractivity (Wildman–Crippen MR) is 112 cm³/mol. The van der Waals surface area contributed by atoms with E-state index in [-0.39, 0.29) is 13.1 Å². The molecule has 1 aliphatic heterocycles. The second-order valence-electron chi connectivity index (χ2n) is 7.00. The molecule has 1 aliphatic rings. The van der Waals surface area contributed by atoms with Crippen LogP contribution in [0.15, 0.2) is 54.6 Å². The number of nitrogens with one attached hydrogen (secondary N) is 1. The molecular formula is C21H24N2O6S. The molecule has 0 spiro atoms. The molecule has 2 aromatic carbocycles. The Bertz CT molecular complexity index is 986. The highest BCUT2D eigenvalue weighted by Gasteiger charge is 2.30. The van der Waals surface area contributed by atoms with Crippen molar-refractivity contribution in [3.8, 4) is 11.5 Å². The number of rotatable bonds is 7. The van der Waals surface area contributed by atoms with Gasteiger partial charge in [-0.1, -0.05) is 30.3 Å². The van der Waals surface area contributed by atoms with Gasteiger partial charge in [0, 0.05) is 13.1 Å². The van der Waals surface area contributed by atoms with Gasteiger partial charge in [0.1, 0.15) is 5.75 Å². The van der Waals surface area contributed by atoms with E-state index in [1.807, 2.05) is 18.2 Å². The Labute approximate surface area is 175 Å². The normalized spacial score (nSPS) is 15.4. The lowest BCUT2D eigenvalue weighted by atomic mass is 9.98. The van der Waals surface area contributed by atoms with Crippen LogP contribution in [0.3, 0.4) is 0 Å². The van der Waals surface area contributed by atoms with Crippen molar-refractivity contribution >= 4 is 27.6 Å². The molecule has 0 atom stereocenters. The number of nitrogens with zero attached hydrogens (tertiary/aromatic N) is 1. The zero-order valence-corrected chi connectivity index (χ0v) is 17.4. The van der Waals surface area contributed by atoms with E-state index in [1.165, 1.54) is 4.31 Å². The molecule has 0 bridgehead atoms. The van der Waals surface area contributed by atoms with E-state index in [1.54, 1.807) is 36.4 Å². The van der Waals surface area contributed by atoms with E-state index < -0.39 is 34.4 Å². The largest absolute Gasteiger partial charge is 0.455 e. The van der Waals surface area contributed by atoms with Crippen molar-refractivity contribution in [3.05, 3.63) is 54.6 Å². The zero-order valence-electron chi connectivity index (χ0n) is 16.6. The summed E-state index contributed by atoms with van der Waals surface area (Å²) < 4.78 is 35.3. The molecule has 1 N–H and O–H groups in total. The summed E-state index contributed by atoms with van der Waals surface area (Å²) in [6.45, 7) is 0.120. The molecule has 30 heavy (non-hydrogen) atoms. The van der Waals surface area contributed by atoms with Crippen LogP contribution in [0.2, 0.25) is 0 Å². The molecule has 0 aliphatic carbocycles. The second-order valence-corrected chi connectivity index (χ2v) is 8.99. The Kier molecular flexibility index (Phi) is 7.07. The van der Waals surface area contributed by atoms with Crippen molar-refractivity contribution in [2.24, 2.45) is 5.92 Å². The topological polar surface area (TPSA) is 102 Å². The van der Waals surface area contributed by atoms with Gasteiger partial charge in [0.25, 0.3) is 5.91 Å². The monoisotopic (exact) mass is 432 g/mol. The summed E-state index contributed by atoms with van der Waals surface area (Å²) in [4.78, 5) is 24.5. The SMILES string of the molecule is CS(=O)(=O)N1CCC(C(=O)OCC(=O)Nc2ccccc2Oc2ccccc2)CC1. The number of para-hydroxylation sites is 3. The number of ether oxygens (including phenoxy) is 2. The third-order valence-electron chi connectivity index (χ3n) is 4.73. The van der Waals surface area contributed by atoms with Crippen LogP contribution >= 0.6 is 0 Å². The van der Waals surface area contributed by atoms with Crippen LogP contribution in [0.25, 0.3) is 0 Å². The standard InChI is InChI=1S/C21H24N2O6S/c1-30(26,27)23-13-11-16(12-14-23)21(25)28-15-20(24)22-18-9-5-6-10-19(18)29-17-7-3-2-4-8-17/h2-10,16H,11-15H2,1H3,(H,22,24). The first-order valence-electron chi connectivity index (χ1n) is 9.56. The number of hydrogen-bond acceptors (Lipinski definition) is 6.